The van der Waals surface area contributed by atoms with E-state index >= 15 is 0 Å². The number of anilines is 1. The number of thiazole rings is 1. The fourth-order valence-corrected chi connectivity index (χ4v) is 6.15. The van der Waals surface area contributed by atoms with E-state index in [1.165, 1.54) is 35.1 Å². The fraction of sp³-hybridized carbons (Fsp3) is 0.345. The van der Waals surface area contributed by atoms with Crippen LogP contribution in [0.4, 0.5) is 21.5 Å². The van der Waals surface area contributed by atoms with Crippen molar-refractivity contribution in [3.05, 3.63) is 71.4 Å². The first-order valence-corrected chi connectivity index (χ1v) is 14.4. The summed E-state index contributed by atoms with van der Waals surface area (Å²) in [4.78, 5) is 9.12. The molecule has 2 heterocycles. The van der Waals surface area contributed by atoms with Crippen LogP contribution in [0.5, 0.6) is 0 Å². The van der Waals surface area contributed by atoms with Gasteiger partial charge in [0, 0.05) is 35.3 Å². The number of rotatable bonds is 13. The Morgan fingerprint density at radius 2 is 1.84 bits per heavy atom. The molecule has 6 nitrogen and oxygen atoms in total. The summed E-state index contributed by atoms with van der Waals surface area (Å²) in [7, 11) is 0. The lowest BCUT2D eigenvalue weighted by Gasteiger charge is -2.24. The van der Waals surface area contributed by atoms with E-state index in [1.54, 1.807) is 30.4 Å². The van der Waals surface area contributed by atoms with Crippen molar-refractivity contribution in [2.75, 3.05) is 24.6 Å². The average molecular weight is 553 g/mol. The second kappa shape index (κ2) is 13.2. The van der Waals surface area contributed by atoms with Gasteiger partial charge in [-0.3, -0.25) is 0 Å². The maximum atomic E-state index is 15.0. The molecular weight excluding hydrogens is 519 g/mol. The van der Waals surface area contributed by atoms with Crippen LogP contribution >= 0.6 is 22.7 Å². The summed E-state index contributed by atoms with van der Waals surface area (Å²) >= 11 is 3.22. The third kappa shape index (κ3) is 7.11. The molecule has 4 rings (SSSR count). The number of unbranched alkanes of at least 4 members (excludes halogenated alkanes) is 1. The Hall–Kier alpha value is -2.98. The molecule has 0 fully saturated rings. The van der Waals surface area contributed by atoms with E-state index in [9.17, 15) is 9.50 Å². The van der Waals surface area contributed by atoms with Crippen molar-refractivity contribution in [1.29, 1.82) is 0 Å². The number of thiophene rings is 1. The van der Waals surface area contributed by atoms with Crippen molar-refractivity contribution in [1.82, 2.24) is 4.98 Å². The van der Waals surface area contributed by atoms with E-state index in [-0.39, 0.29) is 5.82 Å². The van der Waals surface area contributed by atoms with Gasteiger partial charge >= 0.3 is 0 Å². The lowest BCUT2D eigenvalue weighted by Crippen LogP contribution is -2.28. The molecule has 1 N–H and O–H groups in total. The Bertz CT molecular complexity index is 1370. The normalized spacial score (nSPS) is 12.4. The number of likely N-dealkylation sites (N-methyl/N-ethyl adjacent to an activating group) is 1. The smallest absolute Gasteiger partial charge is 0.176 e. The summed E-state index contributed by atoms with van der Waals surface area (Å²) in [5, 5.41) is 18.9. The van der Waals surface area contributed by atoms with Crippen molar-refractivity contribution in [2.24, 2.45) is 10.2 Å². The Balaban J connectivity index is 1.38. The summed E-state index contributed by atoms with van der Waals surface area (Å²) in [6.07, 6.45) is 2.46. The molecule has 0 radical (unpaired) electrons. The van der Waals surface area contributed by atoms with E-state index < -0.39 is 6.29 Å². The number of nitrogens with zero attached hydrogens (tertiary/aromatic N) is 4. The number of halogens is 1. The second-order valence-electron chi connectivity index (χ2n) is 9.03. The van der Waals surface area contributed by atoms with Gasteiger partial charge in [-0.15, -0.1) is 22.7 Å². The van der Waals surface area contributed by atoms with Crippen LogP contribution in [-0.2, 0) is 11.2 Å². The molecule has 38 heavy (non-hydrogen) atoms. The highest BCUT2D eigenvalue weighted by molar-refractivity contribution is 7.28. The molecule has 0 amide bonds. The first-order valence-electron chi connectivity index (χ1n) is 12.8. The van der Waals surface area contributed by atoms with Crippen LogP contribution in [0, 0.1) is 5.82 Å². The molecule has 2 aromatic heterocycles. The van der Waals surface area contributed by atoms with Gasteiger partial charge in [0.25, 0.3) is 0 Å². The molecular formula is C29H33FN4O2S2. The molecule has 0 aliphatic heterocycles. The zero-order valence-electron chi connectivity index (χ0n) is 22.0. The minimum Gasteiger partial charge on any atom is -0.369 e. The molecule has 0 aliphatic rings. The molecule has 1 atom stereocenters. The van der Waals surface area contributed by atoms with Crippen LogP contribution in [0.2, 0.25) is 0 Å². The van der Waals surface area contributed by atoms with E-state index in [1.807, 2.05) is 24.3 Å². The first kappa shape index (κ1) is 28.0. The molecule has 4 aromatic rings. The summed E-state index contributed by atoms with van der Waals surface area (Å²) < 4.78 is 21.5. The molecule has 1 unspecified atom stereocenters. The van der Waals surface area contributed by atoms with Crippen molar-refractivity contribution in [3.8, 4) is 10.6 Å². The highest BCUT2D eigenvalue weighted by Crippen LogP contribution is 2.37. The largest absolute Gasteiger partial charge is 0.369 e. The van der Waals surface area contributed by atoms with Crippen LogP contribution in [0.3, 0.4) is 0 Å². The summed E-state index contributed by atoms with van der Waals surface area (Å²) in [6.45, 7) is 11.5. The summed E-state index contributed by atoms with van der Waals surface area (Å²) in [5.74, 6) is -0.359. The maximum absolute atomic E-state index is 15.0. The number of aromatic nitrogens is 1. The highest BCUT2D eigenvalue weighted by Gasteiger charge is 2.14. The Kier molecular flexibility index (Phi) is 9.74. The van der Waals surface area contributed by atoms with Gasteiger partial charge in [-0.05, 0) is 74.7 Å². The number of hydrogen-bond donors (Lipinski definition) is 1. The number of ether oxygens (including phenoxy) is 1. The Labute approximate surface area is 231 Å². The van der Waals surface area contributed by atoms with Gasteiger partial charge in [0.2, 0.25) is 0 Å². The monoisotopic (exact) mass is 552 g/mol. The zero-order valence-corrected chi connectivity index (χ0v) is 23.6. The van der Waals surface area contributed by atoms with Crippen LogP contribution in [0.15, 0.2) is 70.9 Å². The second-order valence-corrected chi connectivity index (χ2v) is 11.2. The molecule has 200 valence electrons. The lowest BCUT2D eigenvalue weighted by molar-refractivity contribution is -0.0689. The minimum absolute atomic E-state index is 0.359. The van der Waals surface area contributed by atoms with Crippen LogP contribution in [0.25, 0.3) is 20.1 Å². The molecule has 0 spiro atoms. The number of aliphatic hydroxyl groups is 1. The van der Waals surface area contributed by atoms with Crippen LogP contribution in [-0.4, -0.2) is 36.1 Å². The van der Waals surface area contributed by atoms with Crippen LogP contribution < -0.4 is 4.90 Å². The van der Waals surface area contributed by atoms with Gasteiger partial charge in [0.15, 0.2) is 6.29 Å². The van der Waals surface area contributed by atoms with Gasteiger partial charge < -0.3 is 14.7 Å². The van der Waals surface area contributed by atoms with Crippen LogP contribution in [0.1, 0.15) is 38.5 Å². The van der Waals surface area contributed by atoms with Gasteiger partial charge in [0.1, 0.15) is 15.7 Å². The molecule has 0 bridgehead atoms. The topological polar surface area (TPSA) is 70.3 Å². The van der Waals surface area contributed by atoms with E-state index in [0.29, 0.717) is 40.7 Å². The quantitative estimate of drug-likeness (QED) is 0.102. The van der Waals surface area contributed by atoms with Crippen molar-refractivity contribution in [2.45, 2.75) is 46.3 Å². The molecule has 0 saturated carbocycles. The molecule has 9 heteroatoms. The third-order valence-corrected chi connectivity index (χ3v) is 8.29. The van der Waals surface area contributed by atoms with Gasteiger partial charge in [-0.2, -0.15) is 10.2 Å². The van der Waals surface area contributed by atoms with Crippen molar-refractivity contribution >= 4 is 49.3 Å². The summed E-state index contributed by atoms with van der Waals surface area (Å²) in [5.41, 5.74) is 3.19. The SMILES string of the molecule is C=C(C)C(O)OCCN(CC)c1ccc(/N=N/c2ccc(-c3nc4sc(CCCC)cc4s3)c(F)c2)cc1. The highest BCUT2D eigenvalue weighted by atomic mass is 32.1. The number of hydrogen-bond acceptors (Lipinski definition) is 8. The molecule has 0 aliphatic carbocycles. The first-order chi connectivity index (χ1) is 18.4. The number of benzene rings is 2. The standard InChI is InChI=1S/C29H33FN4O2S2/c1-5-7-8-23-18-26-28(37-23)31-27(38-26)24-14-11-21(17-25(24)30)33-32-20-9-12-22(13-10-20)34(6-2)15-16-36-29(35)19(3)4/h9-14,17-18,29,35H,3,5-8,15-16H2,1-2,4H3/b33-32+. The number of aliphatic hydroxyl groups excluding tert-OH is 1. The van der Waals surface area contributed by atoms with E-state index in [4.69, 9.17) is 4.74 Å². The average Bonchev–Trinajstić information content (AvgIpc) is 3.48. The Morgan fingerprint density at radius 3 is 2.50 bits per heavy atom. The Morgan fingerprint density at radius 1 is 1.11 bits per heavy atom. The maximum Gasteiger partial charge on any atom is 0.176 e. The third-order valence-electron chi connectivity index (χ3n) is 6.04. The predicted octanol–water partition coefficient (Wildman–Crippen LogP) is 8.66. The molecule has 2 aromatic carbocycles. The summed E-state index contributed by atoms with van der Waals surface area (Å²) in [6, 6.07) is 14.7. The number of aryl methyl sites for hydroxylation is 1. The van der Waals surface area contributed by atoms with E-state index in [0.717, 1.165) is 28.2 Å². The fourth-order valence-electron chi connectivity index (χ4n) is 3.84. The lowest BCUT2D eigenvalue weighted by atomic mass is 10.2. The van der Waals surface area contributed by atoms with Crippen molar-refractivity contribution < 1.29 is 14.2 Å². The number of fused-ring (bicyclic) bond motifs is 1. The van der Waals surface area contributed by atoms with Gasteiger partial charge in [-0.1, -0.05) is 19.9 Å². The number of azo groups is 1. The zero-order chi connectivity index (χ0) is 27.1. The minimum atomic E-state index is -0.947. The van der Waals surface area contributed by atoms with Gasteiger partial charge in [0.05, 0.1) is 22.7 Å². The van der Waals surface area contributed by atoms with Gasteiger partial charge in [-0.25, -0.2) is 9.37 Å². The predicted molar refractivity (Wildman–Crippen MR) is 157 cm³/mol. The van der Waals surface area contributed by atoms with Crippen molar-refractivity contribution in [3.63, 3.8) is 0 Å². The van der Waals surface area contributed by atoms with E-state index in [2.05, 4.69) is 46.6 Å². The molecule has 0 saturated heterocycles.